The van der Waals surface area contributed by atoms with Gasteiger partial charge < -0.3 is 10.1 Å². The Morgan fingerprint density at radius 3 is 2.49 bits per heavy atom. The number of halogens is 3. The molecule has 6 nitrogen and oxygen atoms in total. The Labute approximate surface area is 214 Å². The van der Waals surface area contributed by atoms with Gasteiger partial charge in [0.05, 0.1) is 16.6 Å². The third-order valence-corrected chi connectivity index (χ3v) is 7.35. The SMILES string of the molecule is O=C1OC2(CCNCC2)c2cccc(C(=O)c3cn(C(=O)c4cccc(F)c4F)c4cc(Cl)ccc34)c21. The van der Waals surface area contributed by atoms with Crippen LogP contribution in [0.5, 0.6) is 0 Å². The fourth-order valence-electron chi connectivity index (χ4n) is 5.32. The third kappa shape index (κ3) is 3.59. The zero-order valence-corrected chi connectivity index (χ0v) is 20.1. The topological polar surface area (TPSA) is 77.4 Å². The molecule has 0 saturated carbocycles. The molecule has 2 aliphatic heterocycles. The van der Waals surface area contributed by atoms with Crippen molar-refractivity contribution < 1.29 is 27.9 Å². The van der Waals surface area contributed by atoms with Gasteiger partial charge >= 0.3 is 5.97 Å². The molecule has 0 amide bonds. The van der Waals surface area contributed by atoms with E-state index in [4.69, 9.17) is 16.3 Å². The van der Waals surface area contributed by atoms with Crippen molar-refractivity contribution in [2.45, 2.75) is 18.4 Å². The van der Waals surface area contributed by atoms with Gasteiger partial charge in [0, 0.05) is 46.1 Å². The zero-order chi connectivity index (χ0) is 25.9. The third-order valence-electron chi connectivity index (χ3n) is 7.12. The van der Waals surface area contributed by atoms with Gasteiger partial charge in [-0.25, -0.2) is 13.6 Å². The highest BCUT2D eigenvalue weighted by Gasteiger charge is 2.47. The zero-order valence-electron chi connectivity index (χ0n) is 19.3. The number of esters is 1. The molecule has 1 aromatic heterocycles. The predicted octanol–water partition coefficient (Wildman–Crippen LogP) is 5.24. The lowest BCUT2D eigenvalue weighted by Crippen LogP contribution is -2.39. The number of carbonyl (C=O) groups excluding carboxylic acids is 3. The summed E-state index contributed by atoms with van der Waals surface area (Å²) in [5, 5.41) is 3.91. The van der Waals surface area contributed by atoms with Crippen molar-refractivity contribution in [3.63, 3.8) is 0 Å². The van der Waals surface area contributed by atoms with E-state index in [-0.39, 0.29) is 27.2 Å². The van der Waals surface area contributed by atoms with E-state index in [0.29, 0.717) is 36.9 Å². The molecule has 186 valence electrons. The number of piperidine rings is 1. The van der Waals surface area contributed by atoms with Crippen molar-refractivity contribution >= 4 is 40.2 Å². The fraction of sp³-hybridized carbons (Fsp3) is 0.179. The summed E-state index contributed by atoms with van der Waals surface area (Å²) in [7, 11) is 0. The monoisotopic (exact) mass is 520 g/mol. The van der Waals surface area contributed by atoms with Crippen molar-refractivity contribution in [3.05, 3.63) is 105 Å². The van der Waals surface area contributed by atoms with Gasteiger partial charge in [-0.1, -0.05) is 41.9 Å². The summed E-state index contributed by atoms with van der Waals surface area (Å²) >= 11 is 6.17. The molecule has 3 heterocycles. The first-order valence-corrected chi connectivity index (χ1v) is 12.1. The number of carbonyl (C=O) groups is 3. The second kappa shape index (κ2) is 8.61. The fourth-order valence-corrected chi connectivity index (χ4v) is 5.49. The van der Waals surface area contributed by atoms with Crippen LogP contribution in [-0.2, 0) is 10.3 Å². The minimum absolute atomic E-state index is 0.115. The van der Waals surface area contributed by atoms with Crippen molar-refractivity contribution in [2.24, 2.45) is 0 Å². The average Bonchev–Trinajstić information content (AvgIpc) is 3.40. The quantitative estimate of drug-likeness (QED) is 0.295. The molecular weight excluding hydrogens is 502 g/mol. The molecule has 2 aliphatic rings. The van der Waals surface area contributed by atoms with Gasteiger partial charge in [-0.2, -0.15) is 0 Å². The minimum Gasteiger partial charge on any atom is -0.450 e. The molecule has 1 saturated heterocycles. The van der Waals surface area contributed by atoms with Crippen LogP contribution in [0.2, 0.25) is 5.02 Å². The summed E-state index contributed by atoms with van der Waals surface area (Å²) in [6.45, 7) is 1.36. The average molecular weight is 521 g/mol. The first-order chi connectivity index (χ1) is 17.8. The van der Waals surface area contributed by atoms with Crippen LogP contribution in [0.1, 0.15) is 55.0 Å². The summed E-state index contributed by atoms with van der Waals surface area (Å²) < 4.78 is 35.2. The number of benzene rings is 3. The van der Waals surface area contributed by atoms with Gasteiger partial charge in [0.1, 0.15) is 5.60 Å². The van der Waals surface area contributed by atoms with Crippen molar-refractivity contribution in [3.8, 4) is 0 Å². The van der Waals surface area contributed by atoms with Crippen molar-refractivity contribution in [1.29, 1.82) is 0 Å². The molecule has 6 rings (SSSR count). The Hall–Kier alpha value is -3.88. The summed E-state index contributed by atoms with van der Waals surface area (Å²) in [4.78, 5) is 40.2. The van der Waals surface area contributed by atoms with Gasteiger partial charge in [0.25, 0.3) is 5.91 Å². The van der Waals surface area contributed by atoms with E-state index in [0.717, 1.165) is 16.7 Å². The molecule has 3 aromatic carbocycles. The number of hydrogen-bond donors (Lipinski definition) is 1. The van der Waals surface area contributed by atoms with Crippen molar-refractivity contribution in [1.82, 2.24) is 9.88 Å². The molecule has 0 unspecified atom stereocenters. The van der Waals surface area contributed by atoms with Crippen LogP contribution in [0, 0.1) is 11.6 Å². The lowest BCUT2D eigenvalue weighted by molar-refractivity contribution is -0.0242. The molecule has 0 radical (unpaired) electrons. The number of ether oxygens (including phenoxy) is 1. The highest BCUT2D eigenvalue weighted by Crippen LogP contribution is 2.44. The molecule has 4 aromatic rings. The summed E-state index contributed by atoms with van der Waals surface area (Å²) in [6, 6.07) is 13.0. The summed E-state index contributed by atoms with van der Waals surface area (Å²) in [5.41, 5.74) is 0.129. The maximum atomic E-state index is 14.5. The van der Waals surface area contributed by atoms with E-state index >= 15 is 0 Å². The Morgan fingerprint density at radius 1 is 0.973 bits per heavy atom. The smallest absolute Gasteiger partial charge is 0.340 e. The number of rotatable bonds is 3. The van der Waals surface area contributed by atoms with E-state index in [1.165, 1.54) is 18.3 Å². The van der Waals surface area contributed by atoms with E-state index in [2.05, 4.69) is 5.32 Å². The molecule has 0 bridgehead atoms. The number of ketones is 1. The summed E-state index contributed by atoms with van der Waals surface area (Å²) in [5.74, 6) is -4.39. The van der Waals surface area contributed by atoms with Crippen LogP contribution in [-0.4, -0.2) is 35.3 Å². The number of hydrogen-bond acceptors (Lipinski definition) is 5. The maximum Gasteiger partial charge on any atom is 0.340 e. The van der Waals surface area contributed by atoms with Gasteiger partial charge in [0.2, 0.25) is 0 Å². The van der Waals surface area contributed by atoms with Gasteiger partial charge in [-0.05, 0) is 37.4 Å². The lowest BCUT2D eigenvalue weighted by Gasteiger charge is -2.33. The molecule has 1 spiro atoms. The van der Waals surface area contributed by atoms with E-state index < -0.39 is 40.5 Å². The van der Waals surface area contributed by atoms with Gasteiger partial charge in [-0.3, -0.25) is 14.2 Å². The largest absolute Gasteiger partial charge is 0.450 e. The van der Waals surface area contributed by atoms with Crippen LogP contribution in [0.3, 0.4) is 0 Å². The first-order valence-electron chi connectivity index (χ1n) is 11.7. The molecule has 37 heavy (non-hydrogen) atoms. The van der Waals surface area contributed by atoms with E-state index in [1.807, 2.05) is 6.07 Å². The molecule has 9 heteroatoms. The Kier molecular flexibility index (Phi) is 5.47. The van der Waals surface area contributed by atoms with E-state index in [1.54, 1.807) is 24.3 Å². The van der Waals surface area contributed by atoms with Crippen LogP contribution >= 0.6 is 11.6 Å². The Bertz CT molecular complexity index is 1640. The van der Waals surface area contributed by atoms with Crippen molar-refractivity contribution in [2.75, 3.05) is 13.1 Å². The molecule has 0 aliphatic carbocycles. The lowest BCUT2D eigenvalue weighted by atomic mass is 9.82. The highest BCUT2D eigenvalue weighted by molar-refractivity contribution is 6.32. The van der Waals surface area contributed by atoms with E-state index in [9.17, 15) is 23.2 Å². The van der Waals surface area contributed by atoms with Crippen LogP contribution in [0.4, 0.5) is 8.78 Å². The van der Waals surface area contributed by atoms with Crippen LogP contribution < -0.4 is 5.32 Å². The number of aromatic nitrogens is 1. The second-order valence-corrected chi connectivity index (χ2v) is 9.61. The predicted molar refractivity (Wildman–Crippen MR) is 132 cm³/mol. The standard InChI is InChI=1S/C28H19ClF2N2O4/c29-15-7-8-16-19(14-33(22(16)13-15)26(35)18-4-2-6-21(30)24(18)31)25(34)17-3-1-5-20-23(17)27(36)37-28(20)9-11-32-12-10-28/h1-8,13-14,32H,9-12H2. The number of nitrogens with one attached hydrogen (secondary N) is 1. The van der Waals surface area contributed by atoms with Crippen LogP contribution in [0.25, 0.3) is 10.9 Å². The Balaban J connectivity index is 1.51. The summed E-state index contributed by atoms with van der Waals surface area (Å²) in [6.07, 6.45) is 2.46. The normalized spacial score (nSPS) is 16.1. The van der Waals surface area contributed by atoms with Gasteiger partial charge in [-0.15, -0.1) is 0 Å². The molecule has 1 fully saturated rings. The maximum absolute atomic E-state index is 14.5. The van der Waals surface area contributed by atoms with Crippen LogP contribution in [0.15, 0.2) is 60.8 Å². The minimum atomic E-state index is -1.29. The molecule has 1 N–H and O–H groups in total. The second-order valence-electron chi connectivity index (χ2n) is 9.17. The Morgan fingerprint density at radius 2 is 1.70 bits per heavy atom. The molecule has 0 atom stereocenters. The number of fused-ring (bicyclic) bond motifs is 3. The number of nitrogens with zero attached hydrogens (tertiary/aromatic N) is 1. The van der Waals surface area contributed by atoms with Gasteiger partial charge in [0.15, 0.2) is 17.4 Å². The highest BCUT2D eigenvalue weighted by atomic mass is 35.5. The first kappa shape index (κ1) is 23.5. The molecular formula is C28H19ClF2N2O4.